The molecule has 0 saturated carbocycles. The molecule has 4 aromatic rings. The number of nitrogens with zero attached hydrogens (tertiary/aromatic N) is 5. The monoisotopic (exact) mass is 556 g/mol. The van der Waals surface area contributed by atoms with Crippen LogP contribution in [0.25, 0.3) is 28.0 Å². The largest absolute Gasteiger partial charge is 0.495 e. The average molecular weight is 557 g/mol. The number of ether oxygens (including phenoxy) is 2. The molecule has 0 bridgehead atoms. The highest BCUT2D eigenvalue weighted by molar-refractivity contribution is 5.93. The molecule has 1 saturated heterocycles. The number of rotatable bonds is 7. The Morgan fingerprint density at radius 3 is 2.46 bits per heavy atom. The molecule has 3 atom stereocenters. The van der Waals surface area contributed by atoms with Gasteiger partial charge in [0.2, 0.25) is 0 Å². The van der Waals surface area contributed by atoms with Crippen LogP contribution in [0.5, 0.6) is 5.75 Å². The number of carbonyl (C=O) groups excluding carboxylic acids is 1. The molecule has 3 aromatic heterocycles. The fourth-order valence-corrected chi connectivity index (χ4v) is 6.09. The standard InChI is InChI=1S/C32H40N6O3/c1-8-23-19-24(20(3)37(23)9-2)26-14-17-34-30-28(29(36-38(26)30)21-12-15-33-16-13-21)22-10-11-25(27(18-22)40-7)35-31(39)41-32(4,5)6/h10-18,20,23-24H,8-9,19H2,1-7H3,(H,35,39). The van der Waals surface area contributed by atoms with Crippen LogP contribution in [0.2, 0.25) is 0 Å². The molecule has 3 unspecified atom stereocenters. The molecule has 1 aromatic carbocycles. The lowest BCUT2D eigenvalue weighted by Gasteiger charge is -2.27. The van der Waals surface area contributed by atoms with E-state index in [4.69, 9.17) is 19.6 Å². The van der Waals surface area contributed by atoms with Gasteiger partial charge in [-0.05, 0) is 83.0 Å². The van der Waals surface area contributed by atoms with E-state index < -0.39 is 11.7 Å². The molecule has 9 nitrogen and oxygen atoms in total. The predicted octanol–water partition coefficient (Wildman–Crippen LogP) is 6.79. The Kier molecular flexibility index (Phi) is 8.00. The fourth-order valence-electron chi connectivity index (χ4n) is 6.09. The molecular weight excluding hydrogens is 516 g/mol. The summed E-state index contributed by atoms with van der Waals surface area (Å²) in [6.07, 6.45) is 7.11. The SMILES string of the molecule is CCC1CC(c2ccnc3c(-c4ccc(NC(=O)OC(C)(C)C)c(OC)c4)c(-c4ccncc4)nn23)C(C)N1CC. The number of likely N-dealkylation sites (N-methyl/N-ethyl adjacent to an activating group) is 1. The highest BCUT2D eigenvalue weighted by Gasteiger charge is 2.39. The Morgan fingerprint density at radius 1 is 1.07 bits per heavy atom. The Morgan fingerprint density at radius 2 is 1.83 bits per heavy atom. The third kappa shape index (κ3) is 5.63. The second kappa shape index (κ2) is 11.5. The Hall–Kier alpha value is -3.98. The molecule has 1 N–H and O–H groups in total. The predicted molar refractivity (Wildman–Crippen MR) is 161 cm³/mol. The van der Waals surface area contributed by atoms with Crippen molar-refractivity contribution >= 4 is 17.4 Å². The number of nitrogens with one attached hydrogen (secondary N) is 1. The van der Waals surface area contributed by atoms with Gasteiger partial charge in [-0.1, -0.05) is 19.9 Å². The van der Waals surface area contributed by atoms with Crippen LogP contribution in [0.15, 0.2) is 55.0 Å². The fraction of sp³-hybridized carbons (Fsp3) is 0.438. The normalized spacial score (nSPS) is 19.4. The van der Waals surface area contributed by atoms with Crippen LogP contribution in [0, 0.1) is 0 Å². The molecular formula is C32H40N6O3. The van der Waals surface area contributed by atoms with Gasteiger partial charge < -0.3 is 9.47 Å². The number of carbonyl (C=O) groups is 1. The van der Waals surface area contributed by atoms with E-state index in [0.29, 0.717) is 29.4 Å². The van der Waals surface area contributed by atoms with Crippen molar-refractivity contribution < 1.29 is 14.3 Å². The van der Waals surface area contributed by atoms with E-state index in [2.05, 4.69) is 42.0 Å². The Balaban J connectivity index is 1.64. The number of aromatic nitrogens is 4. The minimum atomic E-state index is -0.612. The minimum absolute atomic E-state index is 0.332. The van der Waals surface area contributed by atoms with E-state index >= 15 is 0 Å². The van der Waals surface area contributed by atoms with E-state index in [0.717, 1.165) is 53.1 Å². The zero-order valence-corrected chi connectivity index (χ0v) is 25.0. The topological polar surface area (TPSA) is 93.9 Å². The summed E-state index contributed by atoms with van der Waals surface area (Å²) in [5.41, 5.74) is 5.38. The molecule has 0 spiro atoms. The van der Waals surface area contributed by atoms with Crippen molar-refractivity contribution in [1.29, 1.82) is 0 Å². The van der Waals surface area contributed by atoms with Gasteiger partial charge in [-0.3, -0.25) is 15.2 Å². The van der Waals surface area contributed by atoms with Crippen molar-refractivity contribution in [3.63, 3.8) is 0 Å². The van der Waals surface area contributed by atoms with E-state index in [9.17, 15) is 4.79 Å². The maximum Gasteiger partial charge on any atom is 0.412 e. The van der Waals surface area contributed by atoms with Crippen LogP contribution in [0.1, 0.15) is 66.0 Å². The Labute approximate surface area is 241 Å². The number of methoxy groups -OCH3 is 1. The van der Waals surface area contributed by atoms with Crippen LogP contribution >= 0.6 is 0 Å². The summed E-state index contributed by atoms with van der Waals surface area (Å²) in [6.45, 7) is 13.3. The molecule has 0 aliphatic carbocycles. The summed E-state index contributed by atoms with van der Waals surface area (Å²) in [7, 11) is 1.58. The van der Waals surface area contributed by atoms with Crippen LogP contribution in [0.3, 0.4) is 0 Å². The van der Waals surface area contributed by atoms with Crippen LogP contribution in [-0.2, 0) is 4.74 Å². The summed E-state index contributed by atoms with van der Waals surface area (Å²) in [5, 5.41) is 7.99. The molecule has 1 aliphatic heterocycles. The summed E-state index contributed by atoms with van der Waals surface area (Å²) in [5.74, 6) is 0.844. The molecule has 41 heavy (non-hydrogen) atoms. The first kappa shape index (κ1) is 28.5. The first-order chi connectivity index (χ1) is 19.6. The lowest BCUT2D eigenvalue weighted by molar-refractivity contribution is 0.0635. The maximum atomic E-state index is 12.5. The number of pyridine rings is 1. The van der Waals surface area contributed by atoms with Gasteiger partial charge in [0.25, 0.3) is 0 Å². The number of hydrogen-bond donors (Lipinski definition) is 1. The second-order valence-corrected chi connectivity index (χ2v) is 11.6. The molecule has 0 radical (unpaired) electrons. The van der Waals surface area contributed by atoms with Crippen LogP contribution < -0.4 is 10.1 Å². The lowest BCUT2D eigenvalue weighted by atomic mass is 9.95. The highest BCUT2D eigenvalue weighted by atomic mass is 16.6. The minimum Gasteiger partial charge on any atom is -0.495 e. The van der Waals surface area contributed by atoms with Crippen molar-refractivity contribution in [3.05, 3.63) is 60.7 Å². The highest BCUT2D eigenvalue weighted by Crippen LogP contribution is 2.42. The molecule has 9 heteroatoms. The van der Waals surface area contributed by atoms with Crippen molar-refractivity contribution in [1.82, 2.24) is 24.5 Å². The van der Waals surface area contributed by atoms with E-state index in [-0.39, 0.29) is 0 Å². The first-order valence-corrected chi connectivity index (χ1v) is 14.4. The van der Waals surface area contributed by atoms with E-state index in [1.54, 1.807) is 19.5 Å². The van der Waals surface area contributed by atoms with Gasteiger partial charge in [0.05, 0.1) is 24.1 Å². The van der Waals surface area contributed by atoms with Gasteiger partial charge in [0.1, 0.15) is 17.0 Å². The van der Waals surface area contributed by atoms with Crippen molar-refractivity contribution in [2.45, 2.75) is 78.0 Å². The Bertz CT molecular complexity index is 1530. The molecule has 1 aliphatic rings. The number of fused-ring (bicyclic) bond motifs is 1. The number of anilines is 1. The summed E-state index contributed by atoms with van der Waals surface area (Å²) < 4.78 is 13.2. The molecule has 1 fully saturated rings. The van der Waals surface area contributed by atoms with Gasteiger partial charge in [-0.25, -0.2) is 14.3 Å². The molecule has 5 rings (SSSR count). The second-order valence-electron chi connectivity index (χ2n) is 11.6. The smallest absolute Gasteiger partial charge is 0.412 e. The van der Waals surface area contributed by atoms with Gasteiger partial charge in [0, 0.05) is 42.2 Å². The maximum absolute atomic E-state index is 12.5. The van der Waals surface area contributed by atoms with Gasteiger partial charge >= 0.3 is 6.09 Å². The lowest BCUT2D eigenvalue weighted by Crippen LogP contribution is -2.35. The van der Waals surface area contributed by atoms with Crippen LogP contribution in [0.4, 0.5) is 10.5 Å². The van der Waals surface area contributed by atoms with Gasteiger partial charge in [0.15, 0.2) is 5.65 Å². The number of likely N-dealkylation sites (tertiary alicyclic amines) is 1. The van der Waals surface area contributed by atoms with Crippen molar-refractivity contribution in [2.24, 2.45) is 0 Å². The number of hydrogen-bond acceptors (Lipinski definition) is 7. The number of benzene rings is 1. The third-order valence-corrected chi connectivity index (χ3v) is 7.94. The summed E-state index contributed by atoms with van der Waals surface area (Å²) in [4.78, 5) is 24.1. The van der Waals surface area contributed by atoms with E-state index in [1.807, 2.05) is 61.8 Å². The zero-order chi connectivity index (χ0) is 29.3. The third-order valence-electron chi connectivity index (χ3n) is 7.94. The quantitative estimate of drug-likeness (QED) is 0.268. The van der Waals surface area contributed by atoms with Crippen molar-refractivity contribution in [3.8, 4) is 28.1 Å². The summed E-state index contributed by atoms with van der Waals surface area (Å²) >= 11 is 0. The average Bonchev–Trinajstić information content (AvgIpc) is 3.50. The van der Waals surface area contributed by atoms with Crippen LogP contribution in [-0.4, -0.2) is 61.9 Å². The molecule has 1 amide bonds. The first-order valence-electron chi connectivity index (χ1n) is 14.4. The zero-order valence-electron chi connectivity index (χ0n) is 25.0. The van der Waals surface area contributed by atoms with E-state index in [1.165, 1.54) is 0 Å². The number of amides is 1. The van der Waals surface area contributed by atoms with Crippen molar-refractivity contribution in [2.75, 3.05) is 19.0 Å². The van der Waals surface area contributed by atoms with Gasteiger partial charge in [-0.2, -0.15) is 5.10 Å². The van der Waals surface area contributed by atoms with Gasteiger partial charge in [-0.15, -0.1) is 0 Å². The summed E-state index contributed by atoms with van der Waals surface area (Å²) in [6, 6.07) is 12.7. The molecule has 216 valence electrons. The molecule has 4 heterocycles.